The van der Waals surface area contributed by atoms with Gasteiger partial charge in [0, 0.05) is 76.0 Å². The van der Waals surface area contributed by atoms with E-state index in [2.05, 4.69) is 31.2 Å². The first-order chi connectivity index (χ1) is 25.1. The molecule has 0 radical (unpaired) electrons. The number of amides is 7. The summed E-state index contributed by atoms with van der Waals surface area (Å²) in [6, 6.07) is 4.92. The zero-order chi connectivity index (χ0) is 38.8. The van der Waals surface area contributed by atoms with E-state index < -0.39 is 53.6 Å². The van der Waals surface area contributed by atoms with Crippen LogP contribution in [0.15, 0.2) is 35.8 Å². The summed E-state index contributed by atoms with van der Waals surface area (Å²) in [5.41, 5.74) is 1.70. The number of carbonyl (C=O) groups is 7. The molecule has 286 valence electrons. The van der Waals surface area contributed by atoms with Crippen LogP contribution >= 0.6 is 11.3 Å². The van der Waals surface area contributed by atoms with Crippen molar-refractivity contribution in [1.82, 2.24) is 45.9 Å². The van der Waals surface area contributed by atoms with E-state index in [0.29, 0.717) is 11.4 Å². The van der Waals surface area contributed by atoms with Gasteiger partial charge in [-0.3, -0.25) is 33.6 Å². The number of hydrogen-bond acceptors (Lipinski definition) is 9. The minimum Gasteiger partial charge on any atom is -0.361 e. The van der Waals surface area contributed by atoms with Crippen molar-refractivity contribution in [3.8, 4) is 0 Å². The first kappa shape index (κ1) is 40.5. The molecular weight excluding hydrogens is 703 g/mol. The molecule has 2 bridgehead atoms. The van der Waals surface area contributed by atoms with Gasteiger partial charge in [-0.2, -0.15) is 0 Å². The Labute approximate surface area is 312 Å². The summed E-state index contributed by atoms with van der Waals surface area (Å²) in [4.78, 5) is 104. The Morgan fingerprint density at radius 1 is 0.943 bits per heavy atom. The number of aromatic amines is 1. The number of benzene rings is 1. The average Bonchev–Trinajstić information content (AvgIpc) is 3.76. The summed E-state index contributed by atoms with van der Waals surface area (Å²) in [5, 5.41) is 13.9. The first-order valence-electron chi connectivity index (χ1n) is 17.5. The predicted octanol–water partition coefficient (Wildman–Crippen LogP) is 0.959. The van der Waals surface area contributed by atoms with Gasteiger partial charge in [-0.15, -0.1) is 11.3 Å². The number of nitrogens with one attached hydrogen (secondary N) is 5. The fraction of sp³-hybridized carbons (Fsp3) is 0.500. The third-order valence-corrected chi connectivity index (χ3v) is 9.74. The van der Waals surface area contributed by atoms with Gasteiger partial charge >= 0.3 is 0 Å². The van der Waals surface area contributed by atoms with Crippen molar-refractivity contribution in [2.45, 2.75) is 65.1 Å². The molecule has 3 heterocycles. The van der Waals surface area contributed by atoms with Crippen molar-refractivity contribution >= 4 is 63.6 Å². The van der Waals surface area contributed by atoms with E-state index in [1.807, 2.05) is 38.1 Å². The molecule has 0 saturated carbocycles. The average molecular weight is 752 g/mol. The number of thiazole rings is 1. The lowest BCUT2D eigenvalue weighted by molar-refractivity contribution is -0.139. The second-order valence-electron chi connectivity index (χ2n) is 13.7. The quantitative estimate of drug-likeness (QED) is 0.235. The molecule has 5 N–H and O–H groups in total. The lowest BCUT2D eigenvalue weighted by Gasteiger charge is -2.28. The van der Waals surface area contributed by atoms with E-state index in [1.165, 1.54) is 54.0 Å². The van der Waals surface area contributed by atoms with Gasteiger partial charge in [0.2, 0.25) is 35.4 Å². The van der Waals surface area contributed by atoms with Crippen LogP contribution in [-0.2, 0) is 35.2 Å². The maximum absolute atomic E-state index is 13.9. The van der Waals surface area contributed by atoms with Crippen molar-refractivity contribution in [1.29, 1.82) is 0 Å². The molecule has 0 spiro atoms. The summed E-state index contributed by atoms with van der Waals surface area (Å²) in [6.45, 7) is 6.21. The van der Waals surface area contributed by atoms with Crippen molar-refractivity contribution in [3.05, 3.63) is 52.1 Å². The zero-order valence-electron chi connectivity index (χ0n) is 31.0. The van der Waals surface area contributed by atoms with Gasteiger partial charge in [-0.1, -0.05) is 32.0 Å². The summed E-state index contributed by atoms with van der Waals surface area (Å²) in [6.07, 6.45) is 2.31. The Bertz CT molecular complexity index is 1820. The molecule has 3 atom stereocenters. The number of likely N-dealkylation sites (N-methyl/N-ethyl adjacent to an activating group) is 2. The standard InChI is InChI=1S/C36H49N9O7S/c1-21(2)15-27-34-42-29(20-53-34)33(50)41-28(16-24-17-38-26-10-8-7-9-25(24)26)36(52)44(6)18-30(47)39-22(3)35(51)43(5)13-14-45(19-31(48)40-27)32(49)11-12-37-23(4)46/h7-10,17,20-22,27-28,38H,11-16,18-19H2,1-6H3,(H,37,46)(H,39,47)(H,40,48)(H,41,50)/t22-,27-,28+/m0/s1. The zero-order valence-corrected chi connectivity index (χ0v) is 31.8. The molecule has 0 unspecified atom stereocenters. The Balaban J connectivity index is 1.66. The van der Waals surface area contributed by atoms with E-state index in [-0.39, 0.29) is 63.1 Å². The second kappa shape index (κ2) is 18.4. The minimum atomic E-state index is -1.08. The van der Waals surface area contributed by atoms with Crippen molar-refractivity contribution in [2.75, 3.05) is 46.8 Å². The topological polar surface area (TPSA) is 206 Å². The molecule has 17 heteroatoms. The van der Waals surface area contributed by atoms with Crippen LogP contribution in [0.2, 0.25) is 0 Å². The van der Waals surface area contributed by atoms with Crippen LogP contribution in [0.4, 0.5) is 0 Å². The van der Waals surface area contributed by atoms with Crippen LogP contribution in [0, 0.1) is 5.92 Å². The molecule has 0 saturated heterocycles. The molecular formula is C36H49N9O7S. The summed E-state index contributed by atoms with van der Waals surface area (Å²) in [5.74, 6) is -3.23. The Morgan fingerprint density at radius 3 is 2.38 bits per heavy atom. The largest absolute Gasteiger partial charge is 0.361 e. The second-order valence-corrected chi connectivity index (χ2v) is 14.6. The van der Waals surface area contributed by atoms with Gasteiger partial charge in [0.1, 0.15) is 22.8 Å². The molecule has 4 rings (SSSR count). The third-order valence-electron chi connectivity index (χ3n) is 8.78. The first-order valence-corrected chi connectivity index (χ1v) is 18.4. The van der Waals surface area contributed by atoms with Crippen LogP contribution in [0.5, 0.6) is 0 Å². The maximum Gasteiger partial charge on any atom is 0.271 e. The van der Waals surface area contributed by atoms with E-state index in [1.54, 1.807) is 11.6 Å². The molecule has 3 aromatic rings. The molecule has 1 aromatic carbocycles. The predicted molar refractivity (Wildman–Crippen MR) is 198 cm³/mol. The van der Waals surface area contributed by atoms with Crippen molar-refractivity contribution in [3.63, 3.8) is 0 Å². The molecule has 53 heavy (non-hydrogen) atoms. The number of para-hydroxylation sites is 1. The molecule has 16 nitrogen and oxygen atoms in total. The fourth-order valence-corrected chi connectivity index (χ4v) is 6.89. The SMILES string of the molecule is CC(=O)NCCC(=O)N1CCN(C)C(=O)[C@H](C)NC(=O)CN(C)C(=O)[C@@H](Cc2c[nH]c3ccccc23)NC(=O)c2csc(n2)[C@H](CC(C)C)NC(=O)C1. The van der Waals surface area contributed by atoms with E-state index in [4.69, 9.17) is 0 Å². The van der Waals surface area contributed by atoms with Gasteiger partial charge in [-0.25, -0.2) is 4.98 Å². The number of carbonyl (C=O) groups excluding carboxylic acids is 7. The van der Waals surface area contributed by atoms with Crippen LogP contribution in [0.1, 0.15) is 67.6 Å². The highest BCUT2D eigenvalue weighted by Gasteiger charge is 2.30. The van der Waals surface area contributed by atoms with Crippen LogP contribution < -0.4 is 21.3 Å². The molecule has 2 aromatic heterocycles. The van der Waals surface area contributed by atoms with E-state index in [0.717, 1.165) is 16.5 Å². The normalized spacial score (nSPS) is 20.2. The Morgan fingerprint density at radius 2 is 1.66 bits per heavy atom. The fourth-order valence-electron chi connectivity index (χ4n) is 6.03. The molecule has 7 amide bonds. The van der Waals surface area contributed by atoms with Crippen molar-refractivity contribution in [2.24, 2.45) is 5.92 Å². The van der Waals surface area contributed by atoms with Gasteiger partial charge in [-0.05, 0) is 30.9 Å². The number of rotatable bonds is 7. The highest BCUT2D eigenvalue weighted by molar-refractivity contribution is 7.09. The van der Waals surface area contributed by atoms with E-state index in [9.17, 15) is 33.6 Å². The van der Waals surface area contributed by atoms with Gasteiger partial charge in [0.05, 0.1) is 19.1 Å². The van der Waals surface area contributed by atoms with E-state index >= 15 is 0 Å². The number of H-pyrrole nitrogens is 1. The van der Waals surface area contributed by atoms with Gasteiger partial charge in [0.15, 0.2) is 0 Å². The highest BCUT2D eigenvalue weighted by Crippen LogP contribution is 2.25. The number of fused-ring (bicyclic) bond motifs is 3. The summed E-state index contributed by atoms with van der Waals surface area (Å²) < 4.78 is 0. The number of hydrogen-bond donors (Lipinski definition) is 5. The van der Waals surface area contributed by atoms with Gasteiger partial charge in [0.25, 0.3) is 5.91 Å². The lowest BCUT2D eigenvalue weighted by Crippen LogP contribution is -2.53. The number of aromatic nitrogens is 2. The summed E-state index contributed by atoms with van der Waals surface area (Å²) >= 11 is 1.19. The van der Waals surface area contributed by atoms with Crippen LogP contribution in [0.3, 0.4) is 0 Å². The van der Waals surface area contributed by atoms with Crippen LogP contribution in [-0.4, -0.2) is 125 Å². The maximum atomic E-state index is 13.9. The van der Waals surface area contributed by atoms with Crippen molar-refractivity contribution < 1.29 is 33.6 Å². The smallest absolute Gasteiger partial charge is 0.271 e. The molecule has 1 aliphatic rings. The number of nitrogens with zero attached hydrogens (tertiary/aromatic N) is 4. The summed E-state index contributed by atoms with van der Waals surface area (Å²) in [7, 11) is 2.97. The third kappa shape index (κ3) is 11.3. The molecule has 0 fully saturated rings. The monoisotopic (exact) mass is 751 g/mol. The Kier molecular flexibility index (Phi) is 14.1. The van der Waals surface area contributed by atoms with Crippen LogP contribution in [0.25, 0.3) is 10.9 Å². The van der Waals surface area contributed by atoms with Gasteiger partial charge < -0.3 is 41.0 Å². The highest BCUT2D eigenvalue weighted by atomic mass is 32.1. The minimum absolute atomic E-state index is 0.000701. The molecule has 0 aliphatic carbocycles. The molecule has 1 aliphatic heterocycles. The Hall–Kier alpha value is -5.32. The lowest BCUT2D eigenvalue weighted by atomic mass is 10.0.